The molecule has 7 nitrogen and oxygen atoms in total. The van der Waals surface area contributed by atoms with E-state index in [-0.39, 0.29) is 12.5 Å². The lowest BCUT2D eigenvalue weighted by molar-refractivity contribution is -0.146. The first-order valence-electron chi connectivity index (χ1n) is 8.45. The minimum Gasteiger partial charge on any atom is -0.474 e. The third kappa shape index (κ3) is 5.76. The highest BCUT2D eigenvalue weighted by atomic mass is 35.5. The van der Waals surface area contributed by atoms with Gasteiger partial charge >= 0.3 is 12.1 Å². The molecule has 0 saturated heterocycles. The Hall–Kier alpha value is -2.02. The van der Waals surface area contributed by atoms with E-state index < -0.39 is 23.7 Å². The van der Waals surface area contributed by atoms with Gasteiger partial charge in [-0.2, -0.15) is 0 Å². The molecule has 1 saturated carbocycles. The summed E-state index contributed by atoms with van der Waals surface area (Å²) < 4.78 is 16.0. The molecule has 2 rings (SSSR count). The molecule has 1 heterocycles. The zero-order chi connectivity index (χ0) is 19.5. The smallest absolute Gasteiger partial charge is 0.410 e. The number of amides is 1. The Kier molecular flexibility index (Phi) is 6.34. The molecule has 0 spiro atoms. The summed E-state index contributed by atoms with van der Waals surface area (Å²) in [5, 5.41) is 0.423. The minimum absolute atomic E-state index is 0.141. The van der Waals surface area contributed by atoms with Crippen LogP contribution in [0.15, 0.2) is 12.3 Å². The molecular formula is C18H25ClN2O5. The van der Waals surface area contributed by atoms with Crippen molar-refractivity contribution in [1.29, 1.82) is 0 Å². The van der Waals surface area contributed by atoms with Gasteiger partial charge in [0.15, 0.2) is 0 Å². The zero-order valence-electron chi connectivity index (χ0n) is 15.7. The number of hydrogen-bond acceptors (Lipinski definition) is 6. The van der Waals surface area contributed by atoms with E-state index in [1.807, 2.05) is 0 Å². The molecule has 1 aromatic heterocycles. The van der Waals surface area contributed by atoms with Crippen LogP contribution < -0.4 is 4.74 Å². The molecule has 0 aromatic carbocycles. The summed E-state index contributed by atoms with van der Waals surface area (Å²) in [6, 6.07) is 0.794. The van der Waals surface area contributed by atoms with Crippen molar-refractivity contribution >= 4 is 23.7 Å². The molecule has 144 valence electrons. The Balaban J connectivity index is 2.23. The fraction of sp³-hybridized carbons (Fsp3) is 0.611. The number of pyridine rings is 1. The van der Waals surface area contributed by atoms with Gasteiger partial charge in [0.1, 0.15) is 17.7 Å². The van der Waals surface area contributed by atoms with Crippen molar-refractivity contribution < 1.29 is 23.8 Å². The summed E-state index contributed by atoms with van der Waals surface area (Å²) in [5.74, 6) is -0.140. The second kappa shape index (κ2) is 8.12. The molecule has 1 amide bonds. The summed E-state index contributed by atoms with van der Waals surface area (Å²) in [4.78, 5) is 30.1. The molecular weight excluding hydrogens is 360 g/mol. The number of aromatic nitrogens is 1. The van der Waals surface area contributed by atoms with E-state index in [1.54, 1.807) is 26.8 Å². The molecule has 0 bridgehead atoms. The van der Waals surface area contributed by atoms with Crippen LogP contribution in [0.5, 0.6) is 5.88 Å². The van der Waals surface area contributed by atoms with Crippen LogP contribution in [0.3, 0.4) is 0 Å². The maximum Gasteiger partial charge on any atom is 0.410 e. The predicted molar refractivity (Wildman–Crippen MR) is 96.4 cm³/mol. The molecule has 1 aromatic rings. The average Bonchev–Trinajstić information content (AvgIpc) is 3.36. The van der Waals surface area contributed by atoms with Crippen molar-refractivity contribution in [2.24, 2.45) is 0 Å². The van der Waals surface area contributed by atoms with Crippen LogP contribution in [0.2, 0.25) is 5.02 Å². The molecule has 0 N–H and O–H groups in total. The van der Waals surface area contributed by atoms with Gasteiger partial charge in [0.05, 0.1) is 12.1 Å². The quantitative estimate of drug-likeness (QED) is 0.701. The third-order valence-corrected chi connectivity index (χ3v) is 3.94. The lowest BCUT2D eigenvalue weighted by Crippen LogP contribution is -2.46. The van der Waals surface area contributed by atoms with Gasteiger partial charge in [0, 0.05) is 25.2 Å². The van der Waals surface area contributed by atoms with Gasteiger partial charge in [0.2, 0.25) is 5.88 Å². The average molecular weight is 385 g/mol. The number of methoxy groups -OCH3 is 1. The van der Waals surface area contributed by atoms with Gasteiger partial charge in [-0.05, 0) is 39.7 Å². The van der Waals surface area contributed by atoms with Crippen LogP contribution in [0.1, 0.15) is 39.2 Å². The van der Waals surface area contributed by atoms with Gasteiger partial charge in [0.25, 0.3) is 0 Å². The Morgan fingerprint density at radius 3 is 2.58 bits per heavy atom. The monoisotopic (exact) mass is 384 g/mol. The van der Waals surface area contributed by atoms with Crippen LogP contribution in [-0.4, -0.2) is 53.9 Å². The summed E-state index contributed by atoms with van der Waals surface area (Å²) in [6.45, 7) is 5.27. The van der Waals surface area contributed by atoms with E-state index in [2.05, 4.69) is 4.98 Å². The van der Waals surface area contributed by atoms with E-state index in [1.165, 1.54) is 25.3 Å². The lowest BCUT2D eigenvalue weighted by atomic mass is 10.1. The topological polar surface area (TPSA) is 78.0 Å². The SMILES string of the molecule is COC(=O)C(Cc1cc(Cl)cnc1OC1CC1)N(C)C(=O)OC(C)(C)C. The van der Waals surface area contributed by atoms with E-state index in [4.69, 9.17) is 25.8 Å². The summed E-state index contributed by atoms with van der Waals surface area (Å²) in [6.07, 6.45) is 3.12. The van der Waals surface area contributed by atoms with E-state index >= 15 is 0 Å². The summed E-state index contributed by atoms with van der Waals surface area (Å²) >= 11 is 6.06. The van der Waals surface area contributed by atoms with E-state index in [9.17, 15) is 9.59 Å². The van der Waals surface area contributed by atoms with Crippen molar-refractivity contribution in [3.8, 4) is 5.88 Å². The zero-order valence-corrected chi connectivity index (χ0v) is 16.5. The molecule has 1 atom stereocenters. The fourth-order valence-corrected chi connectivity index (χ4v) is 2.43. The number of likely N-dealkylation sites (N-methyl/N-ethyl adjacent to an activating group) is 1. The highest BCUT2D eigenvalue weighted by Gasteiger charge is 2.33. The van der Waals surface area contributed by atoms with Crippen molar-refractivity contribution in [2.75, 3.05) is 14.2 Å². The molecule has 8 heteroatoms. The summed E-state index contributed by atoms with van der Waals surface area (Å²) in [7, 11) is 2.77. The van der Waals surface area contributed by atoms with Crippen LogP contribution in [0, 0.1) is 0 Å². The van der Waals surface area contributed by atoms with Crippen LogP contribution in [0.4, 0.5) is 4.79 Å². The maximum absolute atomic E-state index is 12.4. The normalized spacial score (nSPS) is 15.2. The number of ether oxygens (including phenoxy) is 3. The number of esters is 1. The summed E-state index contributed by atoms with van der Waals surface area (Å²) in [5.41, 5.74) is -0.0423. The Morgan fingerprint density at radius 2 is 2.04 bits per heavy atom. The van der Waals surface area contributed by atoms with Gasteiger partial charge < -0.3 is 14.2 Å². The predicted octanol–water partition coefficient (Wildman–Crippen LogP) is 3.23. The van der Waals surface area contributed by atoms with Gasteiger partial charge in [-0.1, -0.05) is 11.6 Å². The van der Waals surface area contributed by atoms with Crippen LogP contribution in [0.25, 0.3) is 0 Å². The molecule has 1 fully saturated rings. The highest BCUT2D eigenvalue weighted by Crippen LogP contribution is 2.30. The van der Waals surface area contributed by atoms with Crippen molar-refractivity contribution in [3.05, 3.63) is 22.8 Å². The Morgan fingerprint density at radius 1 is 1.38 bits per heavy atom. The lowest BCUT2D eigenvalue weighted by Gasteiger charge is -2.29. The van der Waals surface area contributed by atoms with Crippen LogP contribution >= 0.6 is 11.6 Å². The third-order valence-electron chi connectivity index (χ3n) is 3.73. The van der Waals surface area contributed by atoms with Crippen molar-refractivity contribution in [1.82, 2.24) is 9.88 Å². The number of nitrogens with zero attached hydrogens (tertiary/aromatic N) is 2. The van der Waals surface area contributed by atoms with Gasteiger partial charge in [-0.25, -0.2) is 14.6 Å². The molecule has 1 aliphatic carbocycles. The molecule has 0 aliphatic heterocycles. The minimum atomic E-state index is -0.892. The number of carbonyl (C=O) groups excluding carboxylic acids is 2. The molecule has 26 heavy (non-hydrogen) atoms. The van der Waals surface area contributed by atoms with Gasteiger partial charge in [-0.15, -0.1) is 0 Å². The highest BCUT2D eigenvalue weighted by molar-refractivity contribution is 6.30. The first kappa shape index (κ1) is 20.3. The van der Waals surface area contributed by atoms with Crippen LogP contribution in [-0.2, 0) is 20.7 Å². The number of rotatable bonds is 6. The first-order valence-corrected chi connectivity index (χ1v) is 8.83. The standard InChI is InChI=1S/C18H25ClN2O5/c1-18(2,3)26-17(23)21(4)14(16(22)24-5)9-11-8-12(19)10-20-15(11)25-13-6-7-13/h8,10,13-14H,6-7,9H2,1-5H3. The Labute approximate surface area is 158 Å². The number of hydrogen-bond donors (Lipinski definition) is 0. The second-order valence-electron chi connectivity index (χ2n) is 7.27. The van der Waals surface area contributed by atoms with E-state index in [0.717, 1.165) is 12.8 Å². The first-order chi connectivity index (χ1) is 12.1. The maximum atomic E-state index is 12.4. The van der Waals surface area contributed by atoms with E-state index in [0.29, 0.717) is 16.5 Å². The molecule has 1 aliphatic rings. The largest absolute Gasteiger partial charge is 0.474 e. The molecule has 0 radical (unpaired) electrons. The second-order valence-corrected chi connectivity index (χ2v) is 7.71. The Bertz CT molecular complexity index is 670. The number of halogens is 1. The molecule has 1 unspecified atom stereocenters. The van der Waals surface area contributed by atoms with Crippen molar-refractivity contribution in [3.63, 3.8) is 0 Å². The fourth-order valence-electron chi connectivity index (χ4n) is 2.25. The van der Waals surface area contributed by atoms with Crippen molar-refractivity contribution in [2.45, 2.75) is 57.8 Å². The number of carbonyl (C=O) groups is 2. The van der Waals surface area contributed by atoms with Gasteiger partial charge in [-0.3, -0.25) is 4.90 Å².